The molecule has 7 nitrogen and oxygen atoms in total. The number of amides is 1. The van der Waals surface area contributed by atoms with Gasteiger partial charge in [-0.3, -0.25) is 9.59 Å². The molecule has 0 fully saturated rings. The summed E-state index contributed by atoms with van der Waals surface area (Å²) in [4.78, 5) is 27.9. The Hall–Kier alpha value is -3.09. The van der Waals surface area contributed by atoms with Crippen molar-refractivity contribution in [3.63, 3.8) is 0 Å². The lowest BCUT2D eigenvalue weighted by molar-refractivity contribution is 0.0951. The molecule has 1 aromatic carbocycles. The highest BCUT2D eigenvalue weighted by atomic mass is 16.5. The van der Waals surface area contributed by atoms with Gasteiger partial charge < -0.3 is 19.6 Å². The van der Waals surface area contributed by atoms with E-state index in [0.717, 1.165) is 10.9 Å². The van der Waals surface area contributed by atoms with Crippen LogP contribution in [-0.2, 0) is 6.42 Å². The van der Waals surface area contributed by atoms with Crippen molar-refractivity contribution in [1.29, 1.82) is 0 Å². The van der Waals surface area contributed by atoms with Crippen molar-refractivity contribution in [2.24, 2.45) is 0 Å². The molecule has 2 heterocycles. The summed E-state index contributed by atoms with van der Waals surface area (Å²) in [6, 6.07) is 5.65. The molecule has 0 unspecified atom stereocenters. The van der Waals surface area contributed by atoms with Crippen LogP contribution in [0.4, 0.5) is 0 Å². The third-order valence-electron chi connectivity index (χ3n) is 4.81. The smallest absolute Gasteiger partial charge is 0.256 e. The van der Waals surface area contributed by atoms with Crippen LogP contribution in [0.15, 0.2) is 27.5 Å². The first-order chi connectivity index (χ1) is 13.3. The number of carbonyl (C=O) groups excluding carboxylic acids is 1. The summed E-state index contributed by atoms with van der Waals surface area (Å²) < 4.78 is 10.6. The predicted octanol–water partition coefficient (Wildman–Crippen LogP) is 3.24. The molecule has 0 aliphatic carbocycles. The van der Waals surface area contributed by atoms with Crippen LogP contribution in [-0.4, -0.2) is 29.7 Å². The molecule has 0 atom stereocenters. The summed E-state index contributed by atoms with van der Waals surface area (Å²) in [7, 11) is 1.57. The average molecular weight is 383 g/mol. The van der Waals surface area contributed by atoms with Gasteiger partial charge in [-0.15, -0.1) is 0 Å². The first kappa shape index (κ1) is 19.7. The number of rotatable bonds is 6. The fourth-order valence-corrected chi connectivity index (χ4v) is 3.26. The van der Waals surface area contributed by atoms with E-state index >= 15 is 0 Å². The lowest BCUT2D eigenvalue weighted by Gasteiger charge is -2.10. The summed E-state index contributed by atoms with van der Waals surface area (Å²) in [5.41, 5.74) is 3.18. The number of methoxy groups -OCH3 is 1. The first-order valence-electron chi connectivity index (χ1n) is 9.27. The minimum absolute atomic E-state index is 0.0586. The Morgan fingerprint density at radius 2 is 2.07 bits per heavy atom. The maximum Gasteiger partial charge on any atom is 0.256 e. The quantitative estimate of drug-likeness (QED) is 0.681. The topological polar surface area (TPSA) is 97.2 Å². The zero-order valence-electron chi connectivity index (χ0n) is 16.8. The van der Waals surface area contributed by atoms with Crippen molar-refractivity contribution >= 4 is 16.8 Å². The number of aromatic amines is 1. The average Bonchev–Trinajstić information content (AvgIpc) is 3.05. The Bertz CT molecular complexity index is 1080. The van der Waals surface area contributed by atoms with E-state index in [2.05, 4.69) is 15.5 Å². The maximum atomic E-state index is 12.6. The van der Waals surface area contributed by atoms with Crippen molar-refractivity contribution in [3.05, 3.63) is 56.7 Å². The second kappa shape index (κ2) is 7.88. The van der Waals surface area contributed by atoms with Crippen molar-refractivity contribution in [3.8, 4) is 5.75 Å². The number of aromatic nitrogens is 2. The molecule has 2 aromatic heterocycles. The molecule has 3 aromatic rings. The van der Waals surface area contributed by atoms with Gasteiger partial charge in [0, 0.05) is 23.4 Å². The van der Waals surface area contributed by atoms with Gasteiger partial charge in [0.25, 0.3) is 11.5 Å². The highest BCUT2D eigenvalue weighted by Gasteiger charge is 2.22. The first-order valence-corrected chi connectivity index (χ1v) is 9.27. The fourth-order valence-electron chi connectivity index (χ4n) is 3.26. The second-order valence-electron chi connectivity index (χ2n) is 7.16. The van der Waals surface area contributed by atoms with E-state index in [1.54, 1.807) is 14.0 Å². The molecule has 2 N–H and O–H groups in total. The van der Waals surface area contributed by atoms with Crippen molar-refractivity contribution in [1.82, 2.24) is 15.5 Å². The van der Waals surface area contributed by atoms with Gasteiger partial charge in [0.15, 0.2) is 5.76 Å². The van der Waals surface area contributed by atoms with E-state index in [4.69, 9.17) is 9.26 Å². The van der Waals surface area contributed by atoms with Crippen LogP contribution < -0.4 is 15.6 Å². The van der Waals surface area contributed by atoms with Gasteiger partial charge in [-0.1, -0.05) is 25.1 Å². The minimum atomic E-state index is -0.238. The van der Waals surface area contributed by atoms with Crippen LogP contribution in [0.5, 0.6) is 5.75 Å². The second-order valence-corrected chi connectivity index (χ2v) is 7.16. The molecule has 1 amide bonds. The molecule has 0 spiro atoms. The molecule has 0 saturated carbocycles. The van der Waals surface area contributed by atoms with E-state index < -0.39 is 0 Å². The molecule has 3 rings (SSSR count). The molecule has 0 radical (unpaired) electrons. The largest absolute Gasteiger partial charge is 0.495 e. The van der Waals surface area contributed by atoms with E-state index in [9.17, 15) is 9.59 Å². The number of carbonyl (C=O) groups is 1. The summed E-state index contributed by atoms with van der Waals surface area (Å²) in [6.07, 6.45) is 0.412. The highest BCUT2D eigenvalue weighted by Crippen LogP contribution is 2.26. The standard InChI is InChI=1S/C21H25N3O4/c1-11(2)19-17(13(4)24-28-19)21(26)22-9-8-14-10-15-12(3)6-7-16(27-5)18(15)23-20(14)25/h6-7,10-11H,8-9H2,1-5H3,(H,22,26)(H,23,25). The number of fused-ring (bicyclic) bond motifs is 1. The van der Waals surface area contributed by atoms with Gasteiger partial charge in [0.05, 0.1) is 18.3 Å². The molecule has 7 heteroatoms. The van der Waals surface area contributed by atoms with Crippen molar-refractivity contribution < 1.29 is 14.1 Å². The third kappa shape index (κ3) is 3.65. The molecule has 28 heavy (non-hydrogen) atoms. The molecular weight excluding hydrogens is 358 g/mol. The van der Waals surface area contributed by atoms with Crippen LogP contribution >= 0.6 is 0 Å². The maximum absolute atomic E-state index is 12.6. The lowest BCUT2D eigenvalue weighted by atomic mass is 10.0. The molecule has 0 saturated heterocycles. The Balaban J connectivity index is 1.78. The van der Waals surface area contributed by atoms with Crippen molar-refractivity contribution in [2.75, 3.05) is 13.7 Å². The van der Waals surface area contributed by atoms with E-state index in [0.29, 0.717) is 46.8 Å². The Morgan fingerprint density at radius 3 is 2.75 bits per heavy atom. The summed E-state index contributed by atoms with van der Waals surface area (Å²) in [5, 5.41) is 7.69. The predicted molar refractivity (Wildman–Crippen MR) is 107 cm³/mol. The lowest BCUT2D eigenvalue weighted by Crippen LogP contribution is -2.28. The van der Waals surface area contributed by atoms with Crippen LogP contribution in [0.2, 0.25) is 0 Å². The van der Waals surface area contributed by atoms with E-state index in [1.165, 1.54) is 0 Å². The van der Waals surface area contributed by atoms with Gasteiger partial charge >= 0.3 is 0 Å². The summed E-state index contributed by atoms with van der Waals surface area (Å²) in [5.74, 6) is 1.02. The zero-order chi connectivity index (χ0) is 20.4. The summed E-state index contributed by atoms with van der Waals surface area (Å²) >= 11 is 0. The Labute approximate surface area is 163 Å². The van der Waals surface area contributed by atoms with Crippen molar-refractivity contribution in [2.45, 2.75) is 40.0 Å². The molecule has 148 valence electrons. The molecule has 0 aliphatic heterocycles. The molecule has 0 aliphatic rings. The third-order valence-corrected chi connectivity index (χ3v) is 4.81. The normalized spacial score (nSPS) is 11.2. The molecule has 0 bridgehead atoms. The fraction of sp³-hybridized carbons (Fsp3) is 0.381. The van der Waals surface area contributed by atoms with Crippen LogP contribution in [0, 0.1) is 13.8 Å². The number of H-pyrrole nitrogens is 1. The number of pyridine rings is 1. The molecular formula is C21H25N3O4. The van der Waals surface area contributed by atoms with Gasteiger partial charge in [0.1, 0.15) is 11.3 Å². The van der Waals surface area contributed by atoms with Crippen LogP contribution in [0.3, 0.4) is 0 Å². The van der Waals surface area contributed by atoms with E-state index in [1.807, 2.05) is 39.0 Å². The van der Waals surface area contributed by atoms with Crippen LogP contribution in [0.1, 0.15) is 52.7 Å². The Kier molecular flexibility index (Phi) is 5.53. The van der Waals surface area contributed by atoms with E-state index in [-0.39, 0.29) is 17.4 Å². The van der Waals surface area contributed by atoms with Gasteiger partial charge in [-0.2, -0.15) is 0 Å². The summed E-state index contributed by atoms with van der Waals surface area (Å²) in [6.45, 7) is 7.95. The SMILES string of the molecule is COc1ccc(C)c2cc(CCNC(=O)c3c(C)noc3C(C)C)c(=O)[nH]c12. The number of ether oxygens (including phenoxy) is 1. The number of hydrogen-bond donors (Lipinski definition) is 2. The van der Waals surface area contributed by atoms with Crippen LogP contribution in [0.25, 0.3) is 10.9 Å². The number of nitrogens with one attached hydrogen (secondary N) is 2. The number of nitrogens with zero attached hydrogens (tertiary/aromatic N) is 1. The number of aryl methyl sites for hydroxylation is 2. The van der Waals surface area contributed by atoms with Gasteiger partial charge in [0.2, 0.25) is 0 Å². The van der Waals surface area contributed by atoms with Gasteiger partial charge in [-0.05, 0) is 38.0 Å². The number of benzene rings is 1. The zero-order valence-corrected chi connectivity index (χ0v) is 16.8. The monoisotopic (exact) mass is 383 g/mol. The minimum Gasteiger partial charge on any atom is -0.495 e. The van der Waals surface area contributed by atoms with Gasteiger partial charge in [-0.25, -0.2) is 0 Å². The Morgan fingerprint density at radius 1 is 1.32 bits per heavy atom. The number of hydrogen-bond acceptors (Lipinski definition) is 5. The highest BCUT2D eigenvalue weighted by molar-refractivity contribution is 5.96.